The summed E-state index contributed by atoms with van der Waals surface area (Å²) in [5.41, 5.74) is 1.22. The molecule has 1 rings (SSSR count). The smallest absolute Gasteiger partial charge is 0.0459 e. The van der Waals surface area contributed by atoms with Crippen molar-refractivity contribution in [2.75, 3.05) is 6.61 Å². The van der Waals surface area contributed by atoms with E-state index in [4.69, 9.17) is 5.11 Å². The highest BCUT2D eigenvalue weighted by atomic mass is 16.3. The molecule has 70 valence electrons. The van der Waals surface area contributed by atoms with Crippen LogP contribution < -0.4 is 0 Å². The van der Waals surface area contributed by atoms with Gasteiger partial charge in [0.25, 0.3) is 0 Å². The van der Waals surface area contributed by atoms with E-state index in [9.17, 15) is 0 Å². The molecular formula is C12H16O. The van der Waals surface area contributed by atoms with Crippen molar-refractivity contribution < 1.29 is 5.11 Å². The van der Waals surface area contributed by atoms with Crippen LogP contribution in [0.15, 0.2) is 36.4 Å². The molecule has 0 radical (unpaired) electrons. The van der Waals surface area contributed by atoms with Gasteiger partial charge in [-0.1, -0.05) is 49.4 Å². The van der Waals surface area contributed by atoms with Gasteiger partial charge in [-0.2, -0.15) is 0 Å². The van der Waals surface area contributed by atoms with Gasteiger partial charge in [-0.15, -0.1) is 0 Å². The van der Waals surface area contributed by atoms with Crippen molar-refractivity contribution in [2.24, 2.45) is 5.92 Å². The fourth-order valence-corrected chi connectivity index (χ4v) is 1.08. The molecule has 1 aromatic carbocycles. The largest absolute Gasteiger partial charge is 0.396 e. The molecule has 13 heavy (non-hydrogen) atoms. The number of hydrogen-bond acceptors (Lipinski definition) is 1. The van der Waals surface area contributed by atoms with E-state index >= 15 is 0 Å². The van der Waals surface area contributed by atoms with Crippen LogP contribution in [0.3, 0.4) is 0 Å². The molecule has 0 aliphatic rings. The maximum Gasteiger partial charge on any atom is 0.0459 e. The summed E-state index contributed by atoms with van der Waals surface area (Å²) in [7, 11) is 0. The molecule has 0 bridgehead atoms. The van der Waals surface area contributed by atoms with Gasteiger partial charge in [-0.3, -0.25) is 0 Å². The summed E-state index contributed by atoms with van der Waals surface area (Å²) in [6.07, 6.45) is 5.13. The second-order valence-corrected chi connectivity index (χ2v) is 3.34. The maximum absolute atomic E-state index is 8.80. The fraction of sp³-hybridized carbons (Fsp3) is 0.333. The van der Waals surface area contributed by atoms with Gasteiger partial charge < -0.3 is 5.11 Å². The van der Waals surface area contributed by atoms with Crippen molar-refractivity contribution in [1.82, 2.24) is 0 Å². The van der Waals surface area contributed by atoms with Gasteiger partial charge in [0.1, 0.15) is 0 Å². The first-order valence-electron chi connectivity index (χ1n) is 4.65. The molecule has 0 aromatic heterocycles. The Balaban J connectivity index is 2.41. The van der Waals surface area contributed by atoms with E-state index in [1.807, 2.05) is 25.1 Å². The molecule has 0 saturated carbocycles. The van der Waals surface area contributed by atoms with E-state index in [2.05, 4.69) is 24.3 Å². The van der Waals surface area contributed by atoms with Crippen molar-refractivity contribution in [3.8, 4) is 0 Å². The fourth-order valence-electron chi connectivity index (χ4n) is 1.08. The lowest BCUT2D eigenvalue weighted by Crippen LogP contribution is -1.97. The average molecular weight is 176 g/mol. The Morgan fingerprint density at radius 3 is 2.62 bits per heavy atom. The molecule has 1 aromatic rings. The Morgan fingerprint density at radius 2 is 2.00 bits per heavy atom. The SMILES string of the molecule is C[C@H](CO)CC=Cc1ccccc1. The molecule has 1 nitrogen and oxygen atoms in total. The van der Waals surface area contributed by atoms with Crippen LogP contribution in [-0.4, -0.2) is 11.7 Å². The minimum atomic E-state index is 0.263. The Kier molecular flexibility index (Phi) is 4.27. The number of aliphatic hydroxyl groups excluding tert-OH is 1. The van der Waals surface area contributed by atoms with E-state index in [1.165, 1.54) is 5.56 Å². The van der Waals surface area contributed by atoms with E-state index in [0.717, 1.165) is 6.42 Å². The Labute approximate surface area is 79.7 Å². The van der Waals surface area contributed by atoms with E-state index < -0.39 is 0 Å². The maximum atomic E-state index is 8.80. The molecule has 1 atom stereocenters. The first kappa shape index (κ1) is 10.0. The quantitative estimate of drug-likeness (QED) is 0.747. The number of aliphatic hydroxyl groups is 1. The van der Waals surface area contributed by atoms with Crippen molar-refractivity contribution in [3.63, 3.8) is 0 Å². The lowest BCUT2D eigenvalue weighted by atomic mass is 10.1. The zero-order valence-corrected chi connectivity index (χ0v) is 7.98. The second-order valence-electron chi connectivity index (χ2n) is 3.34. The Morgan fingerprint density at radius 1 is 1.31 bits per heavy atom. The van der Waals surface area contributed by atoms with E-state index in [-0.39, 0.29) is 6.61 Å². The van der Waals surface area contributed by atoms with Crippen molar-refractivity contribution in [2.45, 2.75) is 13.3 Å². The predicted molar refractivity (Wildman–Crippen MR) is 56.3 cm³/mol. The molecule has 0 saturated heterocycles. The molecule has 0 amide bonds. The zero-order valence-electron chi connectivity index (χ0n) is 7.98. The molecule has 0 aliphatic carbocycles. The highest BCUT2D eigenvalue weighted by Gasteiger charge is 1.94. The van der Waals surface area contributed by atoms with Gasteiger partial charge >= 0.3 is 0 Å². The van der Waals surface area contributed by atoms with Crippen molar-refractivity contribution in [3.05, 3.63) is 42.0 Å². The number of rotatable bonds is 4. The van der Waals surface area contributed by atoms with Crippen LogP contribution in [0.2, 0.25) is 0 Å². The molecule has 0 fully saturated rings. The highest BCUT2D eigenvalue weighted by molar-refractivity contribution is 5.48. The minimum Gasteiger partial charge on any atom is -0.396 e. The number of hydrogen-bond donors (Lipinski definition) is 1. The summed E-state index contributed by atoms with van der Waals surface area (Å²) in [4.78, 5) is 0. The lowest BCUT2D eigenvalue weighted by molar-refractivity contribution is 0.239. The number of allylic oxidation sites excluding steroid dienone is 1. The molecule has 1 heteroatoms. The summed E-state index contributed by atoms with van der Waals surface area (Å²) < 4.78 is 0. The normalized spacial score (nSPS) is 13.4. The third kappa shape index (κ3) is 3.90. The van der Waals surface area contributed by atoms with Gasteiger partial charge in [0.2, 0.25) is 0 Å². The zero-order chi connectivity index (χ0) is 9.52. The van der Waals surface area contributed by atoms with Gasteiger partial charge in [0.15, 0.2) is 0 Å². The van der Waals surface area contributed by atoms with Crippen LogP contribution in [0.25, 0.3) is 6.08 Å². The van der Waals surface area contributed by atoms with Gasteiger partial charge in [-0.25, -0.2) is 0 Å². The van der Waals surface area contributed by atoms with Gasteiger partial charge in [-0.05, 0) is 17.9 Å². The van der Waals surface area contributed by atoms with Crippen LogP contribution in [0.4, 0.5) is 0 Å². The molecule has 0 aliphatic heterocycles. The van der Waals surface area contributed by atoms with E-state index in [0.29, 0.717) is 5.92 Å². The standard InChI is InChI=1S/C12H16O/c1-11(10-13)6-5-9-12-7-3-2-4-8-12/h2-5,7-9,11,13H,6,10H2,1H3/t11-/m0/s1. The monoisotopic (exact) mass is 176 g/mol. The Bertz CT molecular complexity index is 251. The summed E-state index contributed by atoms with van der Waals surface area (Å²) in [6.45, 7) is 2.30. The van der Waals surface area contributed by atoms with E-state index in [1.54, 1.807) is 0 Å². The summed E-state index contributed by atoms with van der Waals surface area (Å²) >= 11 is 0. The molecular weight excluding hydrogens is 160 g/mol. The number of benzene rings is 1. The topological polar surface area (TPSA) is 20.2 Å². The average Bonchev–Trinajstić information content (AvgIpc) is 2.19. The highest BCUT2D eigenvalue weighted by Crippen LogP contribution is 2.05. The van der Waals surface area contributed by atoms with Crippen molar-refractivity contribution >= 4 is 6.08 Å². The first-order chi connectivity index (χ1) is 6.33. The van der Waals surface area contributed by atoms with Crippen LogP contribution in [-0.2, 0) is 0 Å². The second kappa shape index (κ2) is 5.55. The molecule has 1 N–H and O–H groups in total. The summed E-state index contributed by atoms with van der Waals surface area (Å²) in [6, 6.07) is 10.2. The van der Waals surface area contributed by atoms with Crippen LogP contribution in [0.5, 0.6) is 0 Å². The van der Waals surface area contributed by atoms with Gasteiger partial charge in [0, 0.05) is 6.61 Å². The molecule has 0 spiro atoms. The van der Waals surface area contributed by atoms with Crippen LogP contribution in [0.1, 0.15) is 18.9 Å². The van der Waals surface area contributed by atoms with Gasteiger partial charge in [0.05, 0.1) is 0 Å². The van der Waals surface area contributed by atoms with Crippen LogP contribution >= 0.6 is 0 Å². The third-order valence-corrected chi connectivity index (χ3v) is 1.96. The summed E-state index contributed by atoms with van der Waals surface area (Å²) in [5, 5.41) is 8.80. The minimum absolute atomic E-state index is 0.263. The lowest BCUT2D eigenvalue weighted by Gasteiger charge is -2.01. The predicted octanol–water partition coefficient (Wildman–Crippen LogP) is 2.72. The third-order valence-electron chi connectivity index (χ3n) is 1.96. The Hall–Kier alpha value is -1.08. The molecule has 0 heterocycles. The van der Waals surface area contributed by atoms with Crippen LogP contribution in [0, 0.1) is 5.92 Å². The summed E-state index contributed by atoms with van der Waals surface area (Å²) in [5.74, 6) is 0.361. The van der Waals surface area contributed by atoms with Crippen molar-refractivity contribution in [1.29, 1.82) is 0 Å². The molecule has 0 unspecified atom stereocenters. The first-order valence-corrected chi connectivity index (χ1v) is 4.65.